The maximum Gasteiger partial charge on any atom is 0.424 e. The normalized spacial score (nSPS) is 10.8. The van der Waals surface area contributed by atoms with Gasteiger partial charge in [-0.2, -0.15) is 8.42 Å². The van der Waals surface area contributed by atoms with Crippen LogP contribution < -0.4 is 23.4 Å². The van der Waals surface area contributed by atoms with Gasteiger partial charge in [-0.1, -0.05) is 70.8 Å². The van der Waals surface area contributed by atoms with Crippen LogP contribution in [0.4, 0.5) is 19.2 Å². The van der Waals surface area contributed by atoms with Crippen molar-refractivity contribution in [2.45, 2.75) is 47.3 Å². The maximum atomic E-state index is 11.8. The van der Waals surface area contributed by atoms with E-state index in [1.165, 1.54) is 48.5 Å². The van der Waals surface area contributed by atoms with Gasteiger partial charge >= 0.3 is 34.8 Å². The van der Waals surface area contributed by atoms with Crippen molar-refractivity contribution in [2.24, 2.45) is 23.4 Å². The summed E-state index contributed by atoms with van der Waals surface area (Å²) in [6.07, 6.45) is -3.61. The van der Waals surface area contributed by atoms with Crippen LogP contribution in [0.15, 0.2) is 117 Å². The lowest BCUT2D eigenvalue weighted by atomic mass is 10.2. The summed E-state index contributed by atoms with van der Waals surface area (Å²) in [4.78, 5) is 44.4. The van der Waals surface area contributed by atoms with Gasteiger partial charge in [-0.15, -0.1) is 0 Å². The van der Waals surface area contributed by atoms with E-state index in [9.17, 15) is 52.8 Å². The van der Waals surface area contributed by atoms with Crippen LogP contribution in [-0.2, 0) is 68.7 Å². The third-order valence-corrected chi connectivity index (χ3v) is 14.8. The minimum absolute atomic E-state index is 0.113. The van der Waals surface area contributed by atoms with Gasteiger partial charge in [-0.05, 0) is 76.2 Å². The second kappa shape index (κ2) is 32.6. The molecule has 0 saturated carbocycles. The van der Waals surface area contributed by atoms with E-state index in [0.717, 1.165) is 50.7 Å². The SMILES string of the molecule is COC(=O)N(N)CS(=O)(=O)c1ccc(C)cc1.COC(=O)N(N)CS(=O)(=O)c1ccc(C)cc1.COC(=O)N(N)CS(=O)(=O)c1ccc(C)cc1.COC(=O)N(N)CS(=O)(=O)c1ccc(C)cc1.O=S(=O)(O)O.OO. The molecule has 0 radical (unpaired) electrons. The number of amides is 4. The molecule has 0 aliphatic heterocycles. The number of hydrogen-bond donors (Lipinski definition) is 8. The number of nitrogens with zero attached hydrogens (tertiary/aromatic N) is 4. The van der Waals surface area contributed by atoms with Crippen LogP contribution in [0.25, 0.3) is 0 Å². The number of methoxy groups -OCH3 is 4. The number of carbonyl (C=O) groups excluding carboxylic acids is 4. The van der Waals surface area contributed by atoms with Crippen molar-refractivity contribution >= 4 is 74.1 Å². The monoisotopic (exact) mass is 1160 g/mol. The van der Waals surface area contributed by atoms with Crippen molar-refractivity contribution in [3.8, 4) is 0 Å². The number of hydrogen-bond acceptors (Lipinski definition) is 24. The Morgan fingerprint density at radius 3 is 0.587 bits per heavy atom. The van der Waals surface area contributed by atoms with Crippen molar-refractivity contribution in [3.63, 3.8) is 0 Å². The molecule has 0 atom stereocenters. The molecule has 0 spiro atoms. The molecule has 0 heterocycles. The molecule has 4 amide bonds. The Morgan fingerprint density at radius 1 is 0.360 bits per heavy atom. The highest BCUT2D eigenvalue weighted by molar-refractivity contribution is 7.92. The van der Waals surface area contributed by atoms with Gasteiger partial charge in [0.1, 0.15) is 23.5 Å². The molecule has 0 bridgehead atoms. The molecular weight excluding hydrogens is 1100 g/mol. The average molecular weight is 1170 g/mol. The molecule has 30 nitrogen and oxygen atoms in total. The van der Waals surface area contributed by atoms with Crippen molar-refractivity contribution < 1.29 is 99.8 Å². The minimum Gasteiger partial charge on any atom is -0.452 e. The summed E-state index contributed by atoms with van der Waals surface area (Å²) in [7, 11) is -14.7. The van der Waals surface area contributed by atoms with Gasteiger partial charge in [-0.3, -0.25) is 19.6 Å². The largest absolute Gasteiger partial charge is 0.452 e. The molecule has 422 valence electrons. The van der Waals surface area contributed by atoms with E-state index >= 15 is 0 Å². The fourth-order valence-electron chi connectivity index (χ4n) is 4.69. The lowest BCUT2D eigenvalue weighted by Gasteiger charge is -2.14. The zero-order chi connectivity index (χ0) is 58.7. The Labute approximate surface area is 434 Å². The number of aryl methyl sites for hydroxylation is 4. The lowest BCUT2D eigenvalue weighted by Crippen LogP contribution is -2.41. The lowest BCUT2D eigenvalue weighted by molar-refractivity contribution is -0.176. The molecule has 4 aromatic rings. The van der Waals surface area contributed by atoms with Gasteiger partial charge in [0.05, 0.1) is 48.0 Å². The quantitative estimate of drug-likeness (QED) is 0.0251. The summed E-state index contributed by atoms with van der Waals surface area (Å²) >= 11 is 0. The van der Waals surface area contributed by atoms with E-state index < -0.39 is 97.6 Å². The number of hydrazine groups is 4. The van der Waals surface area contributed by atoms with E-state index in [1.54, 1.807) is 48.5 Å². The zero-order valence-electron chi connectivity index (χ0n) is 41.3. The standard InChI is InChI=1S/4C10H14N2O4S.H2O4S.H2O2/c4*1-8-3-5-9(6-4-8)17(14,15)7-12(11)10(13)16-2;1-5(2,3)4;1-2/h4*3-6H,7,11H2,1-2H3;(H2,1,2,3,4);1-2H. The van der Waals surface area contributed by atoms with Crippen molar-refractivity contribution in [2.75, 3.05) is 51.9 Å². The molecule has 35 heteroatoms. The van der Waals surface area contributed by atoms with Crippen LogP contribution in [-0.4, -0.2) is 158 Å². The Morgan fingerprint density at radius 2 is 0.480 bits per heavy atom. The molecule has 75 heavy (non-hydrogen) atoms. The molecule has 0 aromatic heterocycles. The second-order valence-corrected chi connectivity index (χ2v) is 23.2. The molecule has 12 N–H and O–H groups in total. The van der Waals surface area contributed by atoms with Gasteiger partial charge in [0.15, 0.2) is 39.3 Å². The highest BCUT2D eigenvalue weighted by Crippen LogP contribution is 2.16. The number of sulfone groups is 4. The third kappa shape index (κ3) is 28.0. The Hall–Kier alpha value is -6.61. The fourth-order valence-corrected chi connectivity index (χ4v) is 9.38. The highest BCUT2D eigenvalue weighted by atomic mass is 32.3. The van der Waals surface area contributed by atoms with Crippen LogP contribution in [0.5, 0.6) is 0 Å². The molecule has 0 unspecified atom stereocenters. The van der Waals surface area contributed by atoms with Gasteiger partial charge in [0, 0.05) is 0 Å². The van der Waals surface area contributed by atoms with E-state index in [2.05, 4.69) is 18.9 Å². The summed E-state index contributed by atoms with van der Waals surface area (Å²) in [5, 5.41) is 14.0. The predicted octanol–water partition coefficient (Wildman–Crippen LogP) is 2.04. The van der Waals surface area contributed by atoms with Crippen LogP contribution in [0.2, 0.25) is 0 Å². The van der Waals surface area contributed by atoms with Gasteiger partial charge < -0.3 is 18.9 Å². The Kier molecular flexibility index (Phi) is 30.7. The smallest absolute Gasteiger partial charge is 0.424 e. The molecule has 4 aromatic carbocycles. The van der Waals surface area contributed by atoms with Crippen LogP contribution in [0.3, 0.4) is 0 Å². The number of benzene rings is 4. The first-order chi connectivity index (χ1) is 34.5. The van der Waals surface area contributed by atoms with Crippen LogP contribution in [0.1, 0.15) is 22.3 Å². The first-order valence-corrected chi connectivity index (χ1v) is 28.0. The van der Waals surface area contributed by atoms with E-state index in [0.29, 0.717) is 20.0 Å². The number of nitrogens with two attached hydrogens (primary N) is 4. The highest BCUT2D eigenvalue weighted by Gasteiger charge is 2.24. The predicted molar refractivity (Wildman–Crippen MR) is 266 cm³/mol. The molecule has 0 fully saturated rings. The van der Waals surface area contributed by atoms with E-state index in [-0.39, 0.29) is 19.6 Å². The number of ether oxygens (including phenoxy) is 4. The molecule has 0 aliphatic rings. The van der Waals surface area contributed by atoms with Crippen LogP contribution >= 0.6 is 0 Å². The summed E-state index contributed by atoms with van der Waals surface area (Å²) in [5.41, 5.74) is 3.78. The van der Waals surface area contributed by atoms with Gasteiger partial charge in [0.25, 0.3) is 0 Å². The zero-order valence-corrected chi connectivity index (χ0v) is 45.4. The van der Waals surface area contributed by atoms with Crippen LogP contribution in [0, 0.1) is 27.7 Å². The second-order valence-electron chi connectivity index (χ2n) is 14.4. The third-order valence-electron chi connectivity index (χ3n) is 8.39. The summed E-state index contributed by atoms with van der Waals surface area (Å²) < 4.78 is 144. The Bertz CT molecular complexity index is 2620. The molecule has 0 aliphatic carbocycles. The summed E-state index contributed by atoms with van der Waals surface area (Å²) in [6.45, 7) is 7.39. The number of carbonyl (C=O) groups is 4. The molecule has 4 rings (SSSR count). The maximum absolute atomic E-state index is 11.8. The fraction of sp³-hybridized carbons (Fsp3) is 0.300. The van der Waals surface area contributed by atoms with Gasteiger partial charge in [-0.25, -0.2) is 96.3 Å². The average Bonchev–Trinajstić information content (AvgIpc) is 3.33. The van der Waals surface area contributed by atoms with Gasteiger partial charge in [0.2, 0.25) is 0 Å². The molecule has 0 saturated heterocycles. The Balaban J connectivity index is 0. The van der Waals surface area contributed by atoms with E-state index in [1.807, 2.05) is 27.7 Å². The first kappa shape index (κ1) is 70.5. The van der Waals surface area contributed by atoms with Crippen molar-refractivity contribution in [1.82, 2.24) is 20.0 Å². The molecular formula is C40H60N8O22S5. The minimum atomic E-state index is -4.67. The number of rotatable bonds is 12. The van der Waals surface area contributed by atoms with Crippen molar-refractivity contribution in [3.05, 3.63) is 119 Å². The summed E-state index contributed by atoms with van der Waals surface area (Å²) in [6, 6.07) is 25.1. The topological polar surface area (TPSA) is 474 Å². The van der Waals surface area contributed by atoms with Crippen molar-refractivity contribution in [1.29, 1.82) is 0 Å². The summed E-state index contributed by atoms with van der Waals surface area (Å²) in [5.74, 6) is 18.6. The van der Waals surface area contributed by atoms with E-state index in [4.69, 9.17) is 51.4 Å². The first-order valence-electron chi connectivity index (χ1n) is 19.9.